The van der Waals surface area contributed by atoms with Crippen molar-refractivity contribution in [1.29, 1.82) is 0 Å². The highest BCUT2D eigenvalue weighted by molar-refractivity contribution is 5.75. The van der Waals surface area contributed by atoms with E-state index in [0.29, 0.717) is 5.92 Å². The van der Waals surface area contributed by atoms with Gasteiger partial charge in [0.2, 0.25) is 0 Å². The highest BCUT2D eigenvalue weighted by Crippen LogP contribution is 2.34. The van der Waals surface area contributed by atoms with Gasteiger partial charge in [-0.1, -0.05) is 60.2 Å². The summed E-state index contributed by atoms with van der Waals surface area (Å²) in [5.74, 6) is 0.329. The van der Waals surface area contributed by atoms with Crippen LogP contribution >= 0.6 is 0 Å². The van der Waals surface area contributed by atoms with Crippen molar-refractivity contribution in [2.24, 2.45) is 10.9 Å². The van der Waals surface area contributed by atoms with Gasteiger partial charge in [-0.05, 0) is 49.1 Å². The molecule has 2 atom stereocenters. The number of hydrogen-bond acceptors (Lipinski definition) is 1. The van der Waals surface area contributed by atoms with Crippen LogP contribution in [0.5, 0.6) is 0 Å². The summed E-state index contributed by atoms with van der Waals surface area (Å²) in [4.78, 5) is 4.96. The van der Waals surface area contributed by atoms with Gasteiger partial charge in [0.25, 0.3) is 0 Å². The van der Waals surface area contributed by atoms with Crippen LogP contribution in [0.25, 0.3) is 5.57 Å². The standard InChI is InChI=1S/C22H21N/c1-14-12-15(2)21(16(3)13-14)22-17-8-4-6-10-19(17)23-20-11-7-5-9-18(20)22/h4-13,17,19H,1-3H3/t17?,19-/m0/s1. The van der Waals surface area contributed by atoms with E-state index in [9.17, 15) is 0 Å². The number of para-hydroxylation sites is 1. The lowest BCUT2D eigenvalue weighted by atomic mass is 9.78. The fourth-order valence-electron chi connectivity index (χ4n) is 4.05. The summed E-state index contributed by atoms with van der Waals surface area (Å²) in [6.45, 7) is 6.63. The van der Waals surface area contributed by atoms with E-state index in [2.05, 4.69) is 81.5 Å². The maximum atomic E-state index is 4.96. The number of rotatable bonds is 1. The smallest absolute Gasteiger partial charge is 0.0794 e. The predicted molar refractivity (Wildman–Crippen MR) is 95.9 cm³/mol. The van der Waals surface area contributed by atoms with Crippen LogP contribution in [-0.2, 0) is 0 Å². The van der Waals surface area contributed by atoms with Crippen LogP contribution in [0.2, 0.25) is 0 Å². The van der Waals surface area contributed by atoms with E-state index in [1.54, 1.807) is 0 Å². The second-order valence-corrected chi connectivity index (χ2v) is 6.62. The fourth-order valence-corrected chi connectivity index (χ4v) is 4.05. The molecule has 2 aliphatic rings. The van der Waals surface area contributed by atoms with Gasteiger partial charge in [-0.2, -0.15) is 0 Å². The largest absolute Gasteiger partial charge is 0.276 e. The highest BCUT2D eigenvalue weighted by atomic mass is 14.8. The van der Waals surface area contributed by atoms with E-state index >= 15 is 0 Å². The molecule has 0 aromatic heterocycles. The summed E-state index contributed by atoms with van der Waals surface area (Å²) < 4.78 is 0. The van der Waals surface area contributed by atoms with E-state index in [4.69, 9.17) is 4.99 Å². The van der Waals surface area contributed by atoms with Crippen molar-refractivity contribution in [2.75, 3.05) is 0 Å². The molecule has 1 aliphatic carbocycles. The summed E-state index contributed by atoms with van der Waals surface area (Å²) in [5.41, 5.74) is 6.87. The maximum absolute atomic E-state index is 4.96. The van der Waals surface area contributed by atoms with Crippen LogP contribution in [0.1, 0.15) is 22.3 Å². The number of benzene rings is 2. The lowest BCUT2D eigenvalue weighted by molar-refractivity contribution is 0.666. The molecule has 0 N–H and O–H groups in total. The molecule has 1 aliphatic heterocycles. The number of allylic oxidation sites excluding steroid dienone is 2. The van der Waals surface area contributed by atoms with Crippen molar-refractivity contribution in [3.8, 4) is 0 Å². The monoisotopic (exact) mass is 299 g/mol. The van der Waals surface area contributed by atoms with Gasteiger partial charge in [-0.15, -0.1) is 0 Å². The van der Waals surface area contributed by atoms with Gasteiger partial charge in [-0.3, -0.25) is 4.99 Å². The summed E-state index contributed by atoms with van der Waals surface area (Å²) in [5, 5.41) is 2.40. The second kappa shape index (κ2) is 5.34. The van der Waals surface area contributed by atoms with E-state index < -0.39 is 0 Å². The highest BCUT2D eigenvalue weighted by Gasteiger charge is 2.28. The minimum absolute atomic E-state index is 0.213. The Morgan fingerprint density at radius 3 is 2.35 bits per heavy atom. The third-order valence-corrected chi connectivity index (χ3v) is 4.87. The van der Waals surface area contributed by atoms with Crippen LogP contribution in [0.4, 0.5) is 0 Å². The average molecular weight is 299 g/mol. The van der Waals surface area contributed by atoms with Gasteiger partial charge in [0.15, 0.2) is 0 Å². The zero-order valence-corrected chi connectivity index (χ0v) is 13.9. The molecule has 2 aromatic carbocycles. The zero-order valence-electron chi connectivity index (χ0n) is 13.9. The average Bonchev–Trinajstić information content (AvgIpc) is 2.53. The lowest BCUT2D eigenvalue weighted by Gasteiger charge is -2.29. The van der Waals surface area contributed by atoms with E-state index in [1.807, 2.05) is 0 Å². The first-order valence-corrected chi connectivity index (χ1v) is 8.25. The van der Waals surface area contributed by atoms with Crippen molar-refractivity contribution in [3.05, 3.63) is 93.5 Å². The minimum atomic E-state index is 0.213. The Hall–Kier alpha value is -2.41. The number of hydrogen-bond donors (Lipinski definition) is 0. The van der Waals surface area contributed by atoms with Crippen LogP contribution in [0.3, 0.4) is 0 Å². The molecular formula is C22H21N. The molecule has 1 heteroatoms. The van der Waals surface area contributed by atoms with Crippen molar-refractivity contribution < 1.29 is 0 Å². The van der Waals surface area contributed by atoms with Crippen molar-refractivity contribution in [3.63, 3.8) is 0 Å². The van der Waals surface area contributed by atoms with Gasteiger partial charge in [0.1, 0.15) is 0 Å². The summed E-state index contributed by atoms with van der Waals surface area (Å²) in [6, 6.07) is 13.4. The molecule has 0 bridgehead atoms. The second-order valence-electron chi connectivity index (χ2n) is 6.62. The van der Waals surface area contributed by atoms with Crippen molar-refractivity contribution in [2.45, 2.75) is 26.8 Å². The first kappa shape index (κ1) is 14.2. The predicted octanol–water partition coefficient (Wildman–Crippen LogP) is 3.55. The quantitative estimate of drug-likeness (QED) is 0.763. The SMILES string of the molecule is Cc1cc(C)c(C2=c3ccccc3=N[C@H]3C=CC=CC23)c(C)c1. The van der Waals surface area contributed by atoms with Gasteiger partial charge in [-0.25, -0.2) is 0 Å². The molecule has 0 saturated carbocycles. The Morgan fingerprint density at radius 2 is 1.57 bits per heavy atom. The van der Waals surface area contributed by atoms with Crippen LogP contribution < -0.4 is 10.6 Å². The molecule has 0 spiro atoms. The molecule has 1 heterocycles. The fraction of sp³-hybridized carbons (Fsp3) is 0.227. The van der Waals surface area contributed by atoms with Crippen molar-refractivity contribution in [1.82, 2.24) is 0 Å². The molecule has 114 valence electrons. The van der Waals surface area contributed by atoms with Crippen LogP contribution in [-0.4, -0.2) is 6.04 Å². The van der Waals surface area contributed by atoms with E-state index in [0.717, 1.165) is 5.36 Å². The molecule has 23 heavy (non-hydrogen) atoms. The van der Waals surface area contributed by atoms with Crippen LogP contribution in [0, 0.1) is 26.7 Å². The van der Waals surface area contributed by atoms with E-state index in [-0.39, 0.29) is 6.04 Å². The first-order chi connectivity index (χ1) is 11.1. The molecule has 4 rings (SSSR count). The molecule has 1 unspecified atom stereocenters. The molecule has 1 nitrogen and oxygen atoms in total. The number of nitrogens with zero attached hydrogens (tertiary/aromatic N) is 1. The maximum Gasteiger partial charge on any atom is 0.0794 e. The normalized spacial score (nSPS) is 21.6. The third kappa shape index (κ3) is 2.28. The molecule has 0 radical (unpaired) electrons. The minimum Gasteiger partial charge on any atom is -0.276 e. The summed E-state index contributed by atoms with van der Waals surface area (Å²) in [6.07, 6.45) is 8.80. The molecule has 2 aromatic rings. The first-order valence-electron chi connectivity index (χ1n) is 8.25. The lowest BCUT2D eigenvalue weighted by Crippen LogP contribution is -2.39. The Morgan fingerprint density at radius 1 is 0.870 bits per heavy atom. The summed E-state index contributed by atoms with van der Waals surface area (Å²) in [7, 11) is 0. The van der Waals surface area contributed by atoms with Gasteiger partial charge >= 0.3 is 0 Å². The Kier molecular flexibility index (Phi) is 3.30. The molecule has 0 amide bonds. The molecular weight excluding hydrogens is 278 g/mol. The zero-order chi connectivity index (χ0) is 16.0. The molecule has 0 saturated heterocycles. The molecule has 0 fully saturated rings. The van der Waals surface area contributed by atoms with Crippen molar-refractivity contribution >= 4 is 5.57 Å². The van der Waals surface area contributed by atoms with E-state index in [1.165, 1.54) is 33.0 Å². The van der Waals surface area contributed by atoms with Crippen LogP contribution in [0.15, 0.2) is 65.7 Å². The third-order valence-electron chi connectivity index (χ3n) is 4.87. The van der Waals surface area contributed by atoms with Gasteiger partial charge in [0, 0.05) is 11.1 Å². The van der Waals surface area contributed by atoms with Gasteiger partial charge < -0.3 is 0 Å². The Labute approximate surface area is 137 Å². The number of fused-ring (bicyclic) bond motifs is 2. The summed E-state index contributed by atoms with van der Waals surface area (Å²) >= 11 is 0. The topological polar surface area (TPSA) is 12.4 Å². The van der Waals surface area contributed by atoms with Gasteiger partial charge in [0.05, 0.1) is 11.4 Å². The Bertz CT molecular complexity index is 937. The number of aryl methyl sites for hydroxylation is 3. The Balaban J connectivity index is 2.12.